The second kappa shape index (κ2) is 7.68. The fourth-order valence-corrected chi connectivity index (χ4v) is 3.88. The van der Waals surface area contributed by atoms with Crippen molar-refractivity contribution in [2.75, 3.05) is 13.7 Å². The molecule has 1 aromatic carbocycles. The van der Waals surface area contributed by atoms with Crippen molar-refractivity contribution in [3.8, 4) is 5.75 Å². The molecule has 0 bridgehead atoms. The summed E-state index contributed by atoms with van der Waals surface area (Å²) in [5.74, 6) is 1.05. The van der Waals surface area contributed by atoms with Gasteiger partial charge in [0.2, 0.25) is 0 Å². The maximum Gasteiger partial charge on any atom is 0.328 e. The van der Waals surface area contributed by atoms with Crippen LogP contribution in [0, 0.1) is 12.8 Å². The summed E-state index contributed by atoms with van der Waals surface area (Å²) in [5, 5.41) is 2.66. The highest BCUT2D eigenvalue weighted by molar-refractivity contribution is 7.90. The third-order valence-corrected chi connectivity index (χ3v) is 5.51. The molecule has 0 heterocycles. The molecule has 0 radical (unpaired) electrons. The summed E-state index contributed by atoms with van der Waals surface area (Å²) in [5.41, 5.74) is 0.693. The van der Waals surface area contributed by atoms with Gasteiger partial charge >= 0.3 is 6.03 Å². The molecule has 1 aliphatic carbocycles. The summed E-state index contributed by atoms with van der Waals surface area (Å²) in [6, 6.07) is 3.80. The lowest BCUT2D eigenvalue weighted by molar-refractivity contribution is 0.241. The van der Waals surface area contributed by atoms with Crippen LogP contribution in [0.15, 0.2) is 23.1 Å². The van der Waals surface area contributed by atoms with Crippen LogP contribution in [-0.4, -0.2) is 28.1 Å². The summed E-state index contributed by atoms with van der Waals surface area (Å²) in [6.45, 7) is 2.27. The Morgan fingerprint density at radius 2 is 1.96 bits per heavy atom. The lowest BCUT2D eigenvalue weighted by Gasteiger charge is -2.21. The van der Waals surface area contributed by atoms with Crippen molar-refractivity contribution in [2.45, 2.75) is 43.9 Å². The second-order valence-corrected chi connectivity index (χ2v) is 7.63. The summed E-state index contributed by atoms with van der Waals surface area (Å²) < 4.78 is 31.6. The minimum absolute atomic E-state index is 0.0450. The Balaban J connectivity index is 1.94. The van der Waals surface area contributed by atoms with Crippen LogP contribution in [0.5, 0.6) is 5.75 Å². The standard InChI is InChI=1S/C16H24N2O4S/c1-12-10-14(8-9-15(12)22-2)23(20,21)18-16(19)17-11-13-6-4-3-5-7-13/h8-10,13H,3-7,11H2,1-2H3,(H2,17,18,19). The number of amides is 2. The van der Waals surface area contributed by atoms with Gasteiger partial charge in [-0.25, -0.2) is 17.9 Å². The van der Waals surface area contributed by atoms with Gasteiger partial charge in [0, 0.05) is 6.54 Å². The maximum atomic E-state index is 12.2. The van der Waals surface area contributed by atoms with E-state index in [-0.39, 0.29) is 4.90 Å². The van der Waals surface area contributed by atoms with E-state index < -0.39 is 16.1 Å². The molecule has 7 heteroatoms. The summed E-state index contributed by atoms with van der Waals surface area (Å²) in [7, 11) is -2.36. The van der Waals surface area contributed by atoms with Crippen LogP contribution < -0.4 is 14.8 Å². The minimum atomic E-state index is -3.88. The number of aryl methyl sites for hydroxylation is 1. The molecule has 1 fully saturated rings. The smallest absolute Gasteiger partial charge is 0.328 e. The van der Waals surface area contributed by atoms with Gasteiger partial charge in [-0.3, -0.25) is 0 Å². The number of benzene rings is 1. The van der Waals surface area contributed by atoms with Gasteiger partial charge in [-0.1, -0.05) is 19.3 Å². The molecule has 0 spiro atoms. The van der Waals surface area contributed by atoms with Gasteiger partial charge in [-0.15, -0.1) is 0 Å². The third kappa shape index (κ3) is 4.86. The highest BCUT2D eigenvalue weighted by Gasteiger charge is 2.20. The number of nitrogens with one attached hydrogen (secondary N) is 2. The van der Waals surface area contributed by atoms with E-state index in [1.807, 2.05) is 0 Å². The molecular formula is C16H24N2O4S. The Morgan fingerprint density at radius 3 is 2.57 bits per heavy atom. The normalized spacial score (nSPS) is 15.9. The molecule has 2 amide bonds. The number of rotatable bonds is 5. The Kier molecular flexibility index (Phi) is 5.87. The fraction of sp³-hybridized carbons (Fsp3) is 0.562. The van der Waals surface area contributed by atoms with Gasteiger partial charge in [-0.2, -0.15) is 0 Å². The molecule has 1 aliphatic rings. The van der Waals surface area contributed by atoms with Crippen LogP contribution in [0.4, 0.5) is 4.79 Å². The Morgan fingerprint density at radius 1 is 1.26 bits per heavy atom. The van der Waals surface area contributed by atoms with Crippen LogP contribution in [0.1, 0.15) is 37.7 Å². The van der Waals surface area contributed by atoms with Crippen molar-refractivity contribution in [1.29, 1.82) is 0 Å². The molecule has 2 N–H and O–H groups in total. The zero-order chi connectivity index (χ0) is 16.9. The zero-order valence-corrected chi connectivity index (χ0v) is 14.4. The van der Waals surface area contributed by atoms with Gasteiger partial charge in [0.1, 0.15) is 5.75 Å². The topological polar surface area (TPSA) is 84.5 Å². The maximum absolute atomic E-state index is 12.2. The van der Waals surface area contributed by atoms with E-state index in [2.05, 4.69) is 10.0 Å². The largest absolute Gasteiger partial charge is 0.496 e. The van der Waals surface area contributed by atoms with Gasteiger partial charge < -0.3 is 10.1 Å². The molecule has 6 nitrogen and oxygen atoms in total. The van der Waals surface area contributed by atoms with Crippen molar-refractivity contribution in [2.24, 2.45) is 5.92 Å². The molecule has 2 rings (SSSR count). The number of carbonyl (C=O) groups excluding carboxylic acids is 1. The highest BCUT2D eigenvalue weighted by atomic mass is 32.2. The number of hydrogen-bond donors (Lipinski definition) is 2. The Hall–Kier alpha value is -1.76. The molecule has 0 unspecified atom stereocenters. The first-order valence-corrected chi connectivity index (χ1v) is 9.36. The van der Waals surface area contributed by atoms with Gasteiger partial charge in [0.15, 0.2) is 0 Å². The van der Waals surface area contributed by atoms with Crippen LogP contribution in [-0.2, 0) is 10.0 Å². The monoisotopic (exact) mass is 340 g/mol. The molecule has 0 saturated heterocycles. The van der Waals surface area contributed by atoms with Crippen LogP contribution in [0.3, 0.4) is 0 Å². The van der Waals surface area contributed by atoms with Crippen molar-refractivity contribution in [3.05, 3.63) is 23.8 Å². The van der Waals surface area contributed by atoms with Crippen molar-refractivity contribution >= 4 is 16.1 Å². The number of urea groups is 1. The van der Waals surface area contributed by atoms with Crippen molar-refractivity contribution in [3.63, 3.8) is 0 Å². The van der Waals surface area contributed by atoms with Gasteiger partial charge in [0.25, 0.3) is 10.0 Å². The highest BCUT2D eigenvalue weighted by Crippen LogP contribution is 2.23. The van der Waals surface area contributed by atoms with Crippen molar-refractivity contribution in [1.82, 2.24) is 10.0 Å². The van der Waals surface area contributed by atoms with Crippen LogP contribution in [0.2, 0.25) is 0 Å². The van der Waals surface area contributed by atoms with E-state index in [1.54, 1.807) is 13.0 Å². The van der Waals surface area contributed by atoms with E-state index in [0.29, 0.717) is 23.8 Å². The first-order valence-electron chi connectivity index (χ1n) is 7.87. The van der Waals surface area contributed by atoms with Gasteiger partial charge in [0.05, 0.1) is 12.0 Å². The molecule has 0 aliphatic heterocycles. The quantitative estimate of drug-likeness (QED) is 0.863. The molecule has 0 atom stereocenters. The predicted octanol–water partition coefficient (Wildman–Crippen LogP) is 2.57. The van der Waals surface area contributed by atoms with Crippen LogP contribution in [0.25, 0.3) is 0 Å². The molecule has 23 heavy (non-hydrogen) atoms. The SMILES string of the molecule is COc1ccc(S(=O)(=O)NC(=O)NCC2CCCCC2)cc1C. The van der Waals surface area contributed by atoms with E-state index in [4.69, 9.17) is 4.74 Å². The fourth-order valence-electron chi connectivity index (χ4n) is 2.86. The first kappa shape index (κ1) is 17.6. The molecule has 128 valence electrons. The Bertz CT molecular complexity index is 652. The lowest BCUT2D eigenvalue weighted by atomic mass is 9.89. The molecule has 1 aromatic rings. The second-order valence-electron chi connectivity index (χ2n) is 5.95. The lowest BCUT2D eigenvalue weighted by Crippen LogP contribution is -2.41. The third-order valence-electron chi connectivity index (χ3n) is 4.18. The number of sulfonamides is 1. The molecule has 0 aromatic heterocycles. The average molecular weight is 340 g/mol. The predicted molar refractivity (Wildman–Crippen MR) is 88.0 cm³/mol. The summed E-state index contributed by atoms with van der Waals surface area (Å²) in [4.78, 5) is 11.9. The number of hydrogen-bond acceptors (Lipinski definition) is 4. The van der Waals surface area contributed by atoms with Crippen molar-refractivity contribution < 1.29 is 17.9 Å². The summed E-state index contributed by atoms with van der Waals surface area (Å²) in [6.07, 6.45) is 5.78. The zero-order valence-electron chi connectivity index (χ0n) is 13.6. The van der Waals surface area contributed by atoms with Gasteiger partial charge in [-0.05, 0) is 49.4 Å². The molecular weight excluding hydrogens is 316 g/mol. The number of carbonyl (C=O) groups is 1. The van der Waals surface area contributed by atoms with Crippen LogP contribution >= 0.6 is 0 Å². The van der Waals surface area contributed by atoms with E-state index >= 15 is 0 Å². The van der Waals surface area contributed by atoms with E-state index in [0.717, 1.165) is 12.8 Å². The number of ether oxygens (including phenoxy) is 1. The first-order chi connectivity index (χ1) is 10.9. The minimum Gasteiger partial charge on any atom is -0.496 e. The van der Waals surface area contributed by atoms with E-state index in [9.17, 15) is 13.2 Å². The Labute approximate surface area is 137 Å². The molecule has 1 saturated carbocycles. The number of methoxy groups -OCH3 is 1. The average Bonchev–Trinajstić information content (AvgIpc) is 2.53. The summed E-state index contributed by atoms with van der Waals surface area (Å²) >= 11 is 0. The van der Waals surface area contributed by atoms with E-state index in [1.165, 1.54) is 38.5 Å².